The van der Waals surface area contributed by atoms with Gasteiger partial charge in [0.2, 0.25) is 0 Å². The molecule has 1 N–H and O–H groups in total. The molecular formula is C14H16Cl2N2O-2. The van der Waals surface area contributed by atoms with Gasteiger partial charge in [-0.3, -0.25) is 4.98 Å². The van der Waals surface area contributed by atoms with Crippen molar-refractivity contribution in [3.05, 3.63) is 54.4 Å². The number of rotatable bonds is 5. The van der Waals surface area contributed by atoms with Crippen molar-refractivity contribution in [3.8, 4) is 5.75 Å². The summed E-state index contributed by atoms with van der Waals surface area (Å²) in [6, 6.07) is 12.0. The Morgan fingerprint density at radius 3 is 2.42 bits per heavy atom. The van der Waals surface area contributed by atoms with Crippen LogP contribution in [0.4, 0.5) is 5.69 Å². The monoisotopic (exact) mass is 298 g/mol. The fourth-order valence-electron chi connectivity index (χ4n) is 1.54. The number of anilines is 1. The van der Waals surface area contributed by atoms with Crippen molar-refractivity contribution in [2.75, 3.05) is 11.9 Å². The Bertz CT molecular complexity index is 449. The van der Waals surface area contributed by atoms with Gasteiger partial charge in [0.25, 0.3) is 0 Å². The number of nitrogens with zero attached hydrogens (tertiary/aromatic N) is 1. The molecule has 0 atom stereocenters. The summed E-state index contributed by atoms with van der Waals surface area (Å²) in [4.78, 5) is 4.08. The summed E-state index contributed by atoms with van der Waals surface area (Å²) in [6.07, 6.45) is 3.64. The van der Waals surface area contributed by atoms with E-state index in [0.717, 1.165) is 18.0 Å². The molecular weight excluding hydrogens is 283 g/mol. The van der Waals surface area contributed by atoms with Crippen LogP contribution in [0.1, 0.15) is 12.5 Å². The summed E-state index contributed by atoms with van der Waals surface area (Å²) in [5, 5.41) is 3.33. The van der Waals surface area contributed by atoms with E-state index in [-0.39, 0.29) is 24.8 Å². The Morgan fingerprint density at radius 1 is 1.11 bits per heavy atom. The molecule has 1 aromatic heterocycles. The van der Waals surface area contributed by atoms with E-state index in [1.807, 2.05) is 43.5 Å². The van der Waals surface area contributed by atoms with Gasteiger partial charge in [0, 0.05) is 24.6 Å². The average molecular weight is 299 g/mol. The number of benzene rings is 1. The van der Waals surface area contributed by atoms with Gasteiger partial charge in [-0.05, 0) is 42.8 Å². The second-order valence-electron chi connectivity index (χ2n) is 3.67. The molecule has 0 aliphatic carbocycles. The number of ether oxygens (including phenoxy) is 1. The number of halogens is 2. The van der Waals surface area contributed by atoms with Crippen LogP contribution in [0, 0.1) is 0 Å². The summed E-state index contributed by atoms with van der Waals surface area (Å²) < 4.78 is 5.39. The fraction of sp³-hybridized carbons (Fsp3) is 0.214. The van der Waals surface area contributed by atoms with E-state index in [1.165, 1.54) is 5.56 Å². The normalized spacial score (nSPS) is 8.89. The van der Waals surface area contributed by atoms with Crippen LogP contribution in [0.5, 0.6) is 5.75 Å². The lowest BCUT2D eigenvalue weighted by atomic mass is 10.2. The molecule has 5 heteroatoms. The van der Waals surface area contributed by atoms with Crippen molar-refractivity contribution in [2.24, 2.45) is 0 Å². The second kappa shape index (κ2) is 9.48. The minimum Gasteiger partial charge on any atom is -1.00 e. The zero-order chi connectivity index (χ0) is 11.9. The molecule has 2 aromatic rings. The molecule has 0 unspecified atom stereocenters. The third-order valence-electron chi connectivity index (χ3n) is 2.38. The fourth-order valence-corrected chi connectivity index (χ4v) is 1.54. The van der Waals surface area contributed by atoms with Gasteiger partial charge >= 0.3 is 0 Å². The van der Waals surface area contributed by atoms with Crippen LogP contribution in [0.3, 0.4) is 0 Å². The Labute approximate surface area is 126 Å². The van der Waals surface area contributed by atoms with Crippen molar-refractivity contribution in [2.45, 2.75) is 13.5 Å². The molecule has 0 bridgehead atoms. The van der Waals surface area contributed by atoms with Gasteiger partial charge in [0.05, 0.1) is 6.61 Å². The minimum absolute atomic E-state index is 0. The maximum Gasteiger partial charge on any atom is 0.119 e. The quantitative estimate of drug-likeness (QED) is 0.643. The van der Waals surface area contributed by atoms with Crippen LogP contribution in [0.25, 0.3) is 0 Å². The van der Waals surface area contributed by atoms with E-state index in [4.69, 9.17) is 4.74 Å². The number of aromatic nitrogens is 1. The SMILES string of the molecule is CCOc1ccc(NCc2cccnc2)cc1.[Cl-].[Cl-]. The van der Waals surface area contributed by atoms with Crippen LogP contribution >= 0.6 is 0 Å². The molecule has 0 aliphatic heterocycles. The van der Waals surface area contributed by atoms with Gasteiger partial charge in [-0.1, -0.05) is 6.07 Å². The first-order valence-electron chi connectivity index (χ1n) is 5.74. The van der Waals surface area contributed by atoms with Crippen molar-refractivity contribution in [3.63, 3.8) is 0 Å². The van der Waals surface area contributed by atoms with Crippen molar-refractivity contribution in [1.82, 2.24) is 4.98 Å². The first-order valence-corrected chi connectivity index (χ1v) is 5.74. The minimum atomic E-state index is 0. The molecule has 0 amide bonds. The van der Waals surface area contributed by atoms with Crippen molar-refractivity contribution in [1.29, 1.82) is 0 Å². The maximum absolute atomic E-state index is 5.39. The van der Waals surface area contributed by atoms with Gasteiger partial charge in [0.1, 0.15) is 5.75 Å². The third-order valence-corrected chi connectivity index (χ3v) is 2.38. The predicted molar refractivity (Wildman–Crippen MR) is 69.2 cm³/mol. The van der Waals surface area contributed by atoms with Crippen LogP contribution in [-0.2, 0) is 6.54 Å². The Balaban J connectivity index is 0.00000162. The van der Waals surface area contributed by atoms with Gasteiger partial charge in [-0.15, -0.1) is 0 Å². The standard InChI is InChI=1S/C14H16N2O.2ClH/c1-2-17-14-7-5-13(6-8-14)16-11-12-4-3-9-15-10-12;;/h3-10,16H,2,11H2,1H3;2*1H/p-2. The van der Waals surface area contributed by atoms with E-state index in [0.29, 0.717) is 6.61 Å². The number of hydrogen-bond donors (Lipinski definition) is 1. The number of pyridine rings is 1. The van der Waals surface area contributed by atoms with Gasteiger partial charge < -0.3 is 34.9 Å². The molecule has 0 aliphatic rings. The zero-order valence-corrected chi connectivity index (χ0v) is 12.2. The van der Waals surface area contributed by atoms with Crippen LogP contribution in [-0.4, -0.2) is 11.6 Å². The summed E-state index contributed by atoms with van der Waals surface area (Å²) >= 11 is 0. The van der Waals surface area contributed by atoms with E-state index in [2.05, 4.69) is 16.4 Å². The lowest BCUT2D eigenvalue weighted by Gasteiger charge is -2.07. The first kappa shape index (κ1) is 17.6. The van der Waals surface area contributed by atoms with Gasteiger partial charge in [0.15, 0.2) is 0 Å². The van der Waals surface area contributed by atoms with E-state index < -0.39 is 0 Å². The number of nitrogens with one attached hydrogen (secondary N) is 1. The molecule has 104 valence electrons. The highest BCUT2D eigenvalue weighted by atomic mass is 35.5. The molecule has 0 saturated carbocycles. The smallest absolute Gasteiger partial charge is 0.119 e. The topological polar surface area (TPSA) is 34.1 Å². The lowest BCUT2D eigenvalue weighted by molar-refractivity contribution is -0.001000. The van der Waals surface area contributed by atoms with E-state index >= 15 is 0 Å². The summed E-state index contributed by atoms with van der Waals surface area (Å²) in [6.45, 7) is 3.46. The Hall–Kier alpha value is -1.45. The highest BCUT2D eigenvalue weighted by molar-refractivity contribution is 5.46. The molecule has 0 radical (unpaired) electrons. The molecule has 2 rings (SSSR count). The van der Waals surface area contributed by atoms with Crippen LogP contribution in [0.2, 0.25) is 0 Å². The van der Waals surface area contributed by atoms with Crippen LogP contribution < -0.4 is 34.9 Å². The maximum atomic E-state index is 5.39. The lowest BCUT2D eigenvalue weighted by Crippen LogP contribution is -3.00. The largest absolute Gasteiger partial charge is 1.00 e. The molecule has 0 fully saturated rings. The van der Waals surface area contributed by atoms with E-state index in [1.54, 1.807) is 6.20 Å². The third kappa shape index (κ3) is 5.81. The average Bonchev–Trinajstić information content (AvgIpc) is 2.40. The van der Waals surface area contributed by atoms with Crippen molar-refractivity contribution < 1.29 is 29.6 Å². The molecule has 0 saturated heterocycles. The van der Waals surface area contributed by atoms with E-state index in [9.17, 15) is 0 Å². The predicted octanol–water partition coefficient (Wildman–Crippen LogP) is -2.90. The molecule has 1 aromatic carbocycles. The Kier molecular flexibility index (Phi) is 8.75. The zero-order valence-electron chi connectivity index (χ0n) is 10.6. The van der Waals surface area contributed by atoms with Gasteiger partial charge in [-0.2, -0.15) is 0 Å². The highest BCUT2D eigenvalue weighted by Gasteiger charge is 1.95. The summed E-state index contributed by atoms with van der Waals surface area (Å²) in [5.41, 5.74) is 2.25. The van der Waals surface area contributed by atoms with Crippen molar-refractivity contribution >= 4 is 5.69 Å². The Morgan fingerprint density at radius 2 is 1.84 bits per heavy atom. The van der Waals surface area contributed by atoms with Gasteiger partial charge in [-0.25, -0.2) is 0 Å². The highest BCUT2D eigenvalue weighted by Crippen LogP contribution is 2.16. The molecule has 3 nitrogen and oxygen atoms in total. The number of hydrogen-bond acceptors (Lipinski definition) is 3. The summed E-state index contributed by atoms with van der Waals surface area (Å²) in [5.74, 6) is 0.902. The molecule has 1 heterocycles. The first-order chi connectivity index (χ1) is 8.38. The van der Waals surface area contributed by atoms with Crippen LogP contribution in [0.15, 0.2) is 48.8 Å². The molecule has 19 heavy (non-hydrogen) atoms. The second-order valence-corrected chi connectivity index (χ2v) is 3.67. The summed E-state index contributed by atoms with van der Waals surface area (Å²) in [7, 11) is 0. The molecule has 0 spiro atoms.